The van der Waals surface area contributed by atoms with Gasteiger partial charge in [-0.05, 0) is 49.2 Å². The van der Waals surface area contributed by atoms with E-state index < -0.39 is 0 Å². The molecule has 0 amide bonds. The summed E-state index contributed by atoms with van der Waals surface area (Å²) in [6.45, 7) is 4.99. The van der Waals surface area contributed by atoms with Gasteiger partial charge in [0.15, 0.2) is 0 Å². The predicted octanol–water partition coefficient (Wildman–Crippen LogP) is 4.26. The van der Waals surface area contributed by atoms with Gasteiger partial charge < -0.3 is 19.4 Å². The van der Waals surface area contributed by atoms with E-state index in [1.165, 1.54) is 6.07 Å². The average Bonchev–Trinajstić information content (AvgIpc) is 2.86. The summed E-state index contributed by atoms with van der Waals surface area (Å²) in [7, 11) is 0. The van der Waals surface area contributed by atoms with Gasteiger partial charge >= 0.3 is 0 Å². The van der Waals surface area contributed by atoms with Crippen LogP contribution in [-0.2, 0) is 4.74 Å². The van der Waals surface area contributed by atoms with Crippen LogP contribution in [0.2, 0.25) is 0 Å². The monoisotopic (exact) mass is 433 g/mol. The summed E-state index contributed by atoms with van der Waals surface area (Å²) in [6.07, 6.45) is 7.60. The normalized spacial score (nSPS) is 19.1. The molecule has 0 aliphatic carbocycles. The van der Waals surface area contributed by atoms with E-state index in [1.807, 2.05) is 36.8 Å². The van der Waals surface area contributed by atoms with Crippen LogP contribution in [0.3, 0.4) is 0 Å². The minimum absolute atomic E-state index is 0.199. The molecule has 2 saturated heterocycles. The highest BCUT2D eigenvalue weighted by molar-refractivity contribution is 5.65. The molecule has 2 aliphatic heterocycles. The molecule has 2 fully saturated rings. The SMILES string of the molecule is Fc1cccc(N2CCC[C@@H](N(c3ccncc3)c3cc(N4CCOCC4)ccn3)C2)c1. The lowest BCUT2D eigenvalue weighted by molar-refractivity contribution is 0.122. The molecular weight excluding hydrogens is 405 g/mol. The number of rotatable bonds is 5. The quantitative estimate of drug-likeness (QED) is 0.599. The fourth-order valence-corrected chi connectivity index (χ4v) is 4.67. The van der Waals surface area contributed by atoms with E-state index in [1.54, 1.807) is 12.1 Å². The van der Waals surface area contributed by atoms with Crippen LogP contribution in [-0.4, -0.2) is 55.4 Å². The zero-order valence-corrected chi connectivity index (χ0v) is 18.1. The van der Waals surface area contributed by atoms with Crippen LogP contribution in [0.5, 0.6) is 0 Å². The van der Waals surface area contributed by atoms with Crippen molar-refractivity contribution >= 4 is 22.9 Å². The average molecular weight is 434 g/mol. The number of hydrogen-bond acceptors (Lipinski definition) is 6. The Kier molecular flexibility index (Phi) is 6.16. The second kappa shape index (κ2) is 9.53. The molecular formula is C25H28FN5O. The first-order valence-corrected chi connectivity index (χ1v) is 11.3. The lowest BCUT2D eigenvalue weighted by Crippen LogP contribution is -2.46. The third kappa shape index (κ3) is 4.53. The molecule has 0 N–H and O–H groups in total. The van der Waals surface area contributed by atoms with Crippen LogP contribution in [0.15, 0.2) is 67.1 Å². The maximum atomic E-state index is 13.9. The largest absolute Gasteiger partial charge is 0.378 e. The van der Waals surface area contributed by atoms with Crippen molar-refractivity contribution in [1.29, 1.82) is 0 Å². The molecule has 0 spiro atoms. The van der Waals surface area contributed by atoms with Crippen molar-refractivity contribution in [3.63, 3.8) is 0 Å². The summed E-state index contributed by atoms with van der Waals surface area (Å²) in [6, 6.07) is 15.4. The first-order valence-electron chi connectivity index (χ1n) is 11.3. The van der Waals surface area contributed by atoms with E-state index >= 15 is 0 Å². The van der Waals surface area contributed by atoms with E-state index in [9.17, 15) is 4.39 Å². The third-order valence-electron chi connectivity index (χ3n) is 6.23. The van der Waals surface area contributed by atoms with E-state index in [0.717, 1.165) is 75.1 Å². The van der Waals surface area contributed by atoms with Crippen molar-refractivity contribution < 1.29 is 9.13 Å². The second-order valence-corrected chi connectivity index (χ2v) is 8.27. The van der Waals surface area contributed by atoms with Gasteiger partial charge in [-0.3, -0.25) is 4.98 Å². The second-order valence-electron chi connectivity index (χ2n) is 8.27. The van der Waals surface area contributed by atoms with E-state index in [2.05, 4.69) is 31.8 Å². The molecule has 2 aliphatic rings. The van der Waals surface area contributed by atoms with Crippen LogP contribution in [0.25, 0.3) is 0 Å². The maximum Gasteiger partial charge on any atom is 0.135 e. The molecule has 6 nitrogen and oxygen atoms in total. The minimum atomic E-state index is -0.199. The molecule has 3 aromatic rings. The van der Waals surface area contributed by atoms with E-state index in [-0.39, 0.29) is 11.9 Å². The number of halogens is 1. The number of morpholine rings is 1. The van der Waals surface area contributed by atoms with Crippen LogP contribution in [0.1, 0.15) is 12.8 Å². The van der Waals surface area contributed by atoms with Crippen molar-refractivity contribution in [2.75, 3.05) is 54.1 Å². The molecule has 2 aromatic heterocycles. The summed E-state index contributed by atoms with van der Waals surface area (Å²) in [4.78, 5) is 15.9. The van der Waals surface area contributed by atoms with Gasteiger partial charge in [0.1, 0.15) is 11.6 Å². The summed E-state index contributed by atoms with van der Waals surface area (Å²) in [5, 5.41) is 0. The molecule has 1 aromatic carbocycles. The highest BCUT2D eigenvalue weighted by Crippen LogP contribution is 2.33. The van der Waals surface area contributed by atoms with Crippen LogP contribution < -0.4 is 14.7 Å². The van der Waals surface area contributed by atoms with Crippen LogP contribution in [0, 0.1) is 5.82 Å². The van der Waals surface area contributed by atoms with E-state index in [0.29, 0.717) is 0 Å². The Morgan fingerprint density at radius 3 is 2.53 bits per heavy atom. The Labute approximate surface area is 188 Å². The molecule has 0 saturated carbocycles. The van der Waals surface area contributed by atoms with Crippen LogP contribution in [0.4, 0.5) is 27.3 Å². The zero-order valence-electron chi connectivity index (χ0n) is 18.1. The molecule has 5 rings (SSSR count). The van der Waals surface area contributed by atoms with Gasteiger partial charge in [-0.2, -0.15) is 0 Å². The lowest BCUT2D eigenvalue weighted by atomic mass is 10.0. The Balaban J connectivity index is 1.47. The van der Waals surface area contributed by atoms with Gasteiger partial charge in [0.2, 0.25) is 0 Å². The molecule has 7 heteroatoms. The number of aromatic nitrogens is 2. The van der Waals surface area contributed by atoms with Crippen molar-refractivity contribution in [3.8, 4) is 0 Å². The first kappa shape index (κ1) is 20.7. The predicted molar refractivity (Wildman–Crippen MR) is 125 cm³/mol. The van der Waals surface area contributed by atoms with Gasteiger partial charge in [-0.15, -0.1) is 0 Å². The number of pyridine rings is 2. The molecule has 0 bridgehead atoms. The van der Waals surface area contributed by atoms with Gasteiger partial charge in [0.25, 0.3) is 0 Å². The highest BCUT2D eigenvalue weighted by Gasteiger charge is 2.28. The highest BCUT2D eigenvalue weighted by atomic mass is 19.1. The molecule has 32 heavy (non-hydrogen) atoms. The van der Waals surface area contributed by atoms with E-state index in [4.69, 9.17) is 9.72 Å². The number of hydrogen-bond donors (Lipinski definition) is 0. The summed E-state index contributed by atoms with van der Waals surface area (Å²) in [5.74, 6) is 0.724. The van der Waals surface area contributed by atoms with Crippen LogP contribution >= 0.6 is 0 Å². The number of benzene rings is 1. The molecule has 0 radical (unpaired) electrons. The fraction of sp³-hybridized carbons (Fsp3) is 0.360. The van der Waals surface area contributed by atoms with Crippen molar-refractivity contribution in [2.24, 2.45) is 0 Å². The van der Waals surface area contributed by atoms with Crippen molar-refractivity contribution in [1.82, 2.24) is 9.97 Å². The number of anilines is 4. The number of ether oxygens (including phenoxy) is 1. The lowest BCUT2D eigenvalue weighted by Gasteiger charge is -2.41. The summed E-state index contributed by atoms with van der Waals surface area (Å²) in [5.41, 5.74) is 3.16. The Morgan fingerprint density at radius 2 is 1.72 bits per heavy atom. The van der Waals surface area contributed by atoms with Gasteiger partial charge in [-0.1, -0.05) is 6.07 Å². The fourth-order valence-electron chi connectivity index (χ4n) is 4.67. The number of piperidine rings is 1. The van der Waals surface area contributed by atoms with Gasteiger partial charge in [-0.25, -0.2) is 9.37 Å². The topological polar surface area (TPSA) is 44.7 Å². The van der Waals surface area contributed by atoms with Gasteiger partial charge in [0.05, 0.1) is 19.3 Å². The van der Waals surface area contributed by atoms with Crippen molar-refractivity contribution in [3.05, 3.63) is 72.9 Å². The zero-order chi connectivity index (χ0) is 21.8. The molecule has 0 unspecified atom stereocenters. The molecule has 1 atom stereocenters. The minimum Gasteiger partial charge on any atom is -0.378 e. The third-order valence-corrected chi connectivity index (χ3v) is 6.23. The maximum absolute atomic E-state index is 13.9. The van der Waals surface area contributed by atoms with Crippen molar-refractivity contribution in [2.45, 2.75) is 18.9 Å². The van der Waals surface area contributed by atoms with Gasteiger partial charge in [0, 0.05) is 67.9 Å². The standard InChI is InChI=1S/C25H28FN5O/c26-20-3-1-4-22(17-20)30-12-2-5-24(19-30)31(21-6-9-27-10-7-21)25-18-23(8-11-28-25)29-13-15-32-16-14-29/h1,3-4,6-11,17-18,24H,2,5,12-16,19H2/t24-/m1/s1. The number of nitrogens with zero attached hydrogens (tertiary/aromatic N) is 5. The first-order chi connectivity index (χ1) is 15.8. The Bertz CT molecular complexity index is 1030. The summed E-state index contributed by atoms with van der Waals surface area (Å²) < 4.78 is 19.4. The Hall–Kier alpha value is -3.19. The smallest absolute Gasteiger partial charge is 0.135 e. The molecule has 4 heterocycles. The Morgan fingerprint density at radius 1 is 0.906 bits per heavy atom. The summed E-state index contributed by atoms with van der Waals surface area (Å²) >= 11 is 0. The molecule has 166 valence electrons.